The summed E-state index contributed by atoms with van der Waals surface area (Å²) in [6.07, 6.45) is 5.47. The van der Waals surface area contributed by atoms with Crippen molar-refractivity contribution in [1.29, 1.82) is 0 Å². The van der Waals surface area contributed by atoms with Gasteiger partial charge in [0.2, 0.25) is 0 Å². The second kappa shape index (κ2) is 8.27. The van der Waals surface area contributed by atoms with Gasteiger partial charge in [0, 0.05) is 31.7 Å². The molecular weight excluding hydrogens is 292 g/mol. The fourth-order valence-corrected chi connectivity index (χ4v) is 3.60. The first kappa shape index (κ1) is 16.9. The van der Waals surface area contributed by atoms with Gasteiger partial charge in [-0.3, -0.25) is 4.90 Å². The Morgan fingerprint density at radius 3 is 2.08 bits per heavy atom. The molecule has 0 aromatic heterocycles. The first-order valence-electron chi connectivity index (χ1n) is 8.96. The SMILES string of the molecule is C=CCC1(NCc2ccccc2)CCN(Cc2ccccc2)CC1. The Labute approximate surface area is 146 Å². The average molecular weight is 320 g/mol. The molecule has 2 aromatic rings. The number of nitrogens with zero attached hydrogens (tertiary/aromatic N) is 1. The zero-order chi connectivity index (χ0) is 16.7. The minimum Gasteiger partial charge on any atom is -0.307 e. The number of nitrogens with one attached hydrogen (secondary N) is 1. The van der Waals surface area contributed by atoms with Crippen molar-refractivity contribution in [3.05, 3.63) is 84.4 Å². The van der Waals surface area contributed by atoms with Crippen molar-refractivity contribution < 1.29 is 0 Å². The molecule has 2 heteroatoms. The average Bonchev–Trinajstić information content (AvgIpc) is 2.64. The standard InChI is InChI=1S/C22H28N2/c1-2-13-22(23-18-20-9-5-3-6-10-20)14-16-24(17-15-22)19-21-11-7-4-8-12-21/h2-12,23H,1,13-19H2. The lowest BCUT2D eigenvalue weighted by Crippen LogP contribution is -2.52. The van der Waals surface area contributed by atoms with Gasteiger partial charge < -0.3 is 5.32 Å². The van der Waals surface area contributed by atoms with Gasteiger partial charge in [-0.15, -0.1) is 6.58 Å². The van der Waals surface area contributed by atoms with Crippen LogP contribution < -0.4 is 5.32 Å². The van der Waals surface area contributed by atoms with E-state index in [1.807, 2.05) is 0 Å². The number of piperidine rings is 1. The summed E-state index contributed by atoms with van der Waals surface area (Å²) in [4.78, 5) is 2.57. The molecule has 3 rings (SSSR count). The van der Waals surface area contributed by atoms with E-state index in [2.05, 4.69) is 83.5 Å². The van der Waals surface area contributed by atoms with Crippen LogP contribution in [0.3, 0.4) is 0 Å². The summed E-state index contributed by atoms with van der Waals surface area (Å²) < 4.78 is 0. The lowest BCUT2D eigenvalue weighted by Gasteiger charge is -2.42. The summed E-state index contributed by atoms with van der Waals surface area (Å²) in [5, 5.41) is 3.84. The van der Waals surface area contributed by atoms with Gasteiger partial charge >= 0.3 is 0 Å². The number of hydrogen-bond donors (Lipinski definition) is 1. The maximum absolute atomic E-state index is 3.99. The molecule has 0 saturated carbocycles. The Hall–Kier alpha value is -1.90. The van der Waals surface area contributed by atoms with Crippen molar-refractivity contribution in [2.45, 2.75) is 37.9 Å². The van der Waals surface area contributed by atoms with E-state index < -0.39 is 0 Å². The van der Waals surface area contributed by atoms with E-state index in [9.17, 15) is 0 Å². The highest BCUT2D eigenvalue weighted by Gasteiger charge is 2.32. The first-order valence-corrected chi connectivity index (χ1v) is 8.96. The monoisotopic (exact) mass is 320 g/mol. The minimum atomic E-state index is 0.199. The van der Waals surface area contributed by atoms with E-state index in [1.54, 1.807) is 0 Å². The third-order valence-corrected chi connectivity index (χ3v) is 5.11. The highest BCUT2D eigenvalue weighted by atomic mass is 15.2. The molecule has 1 saturated heterocycles. The van der Waals surface area contributed by atoms with Gasteiger partial charge in [0.1, 0.15) is 0 Å². The van der Waals surface area contributed by atoms with Crippen LogP contribution in [-0.4, -0.2) is 23.5 Å². The van der Waals surface area contributed by atoms with Crippen LogP contribution in [0.2, 0.25) is 0 Å². The molecule has 2 nitrogen and oxygen atoms in total. The Kier molecular flexibility index (Phi) is 5.84. The molecule has 0 atom stereocenters. The summed E-state index contributed by atoms with van der Waals surface area (Å²) in [7, 11) is 0. The van der Waals surface area contributed by atoms with Crippen molar-refractivity contribution in [3.8, 4) is 0 Å². The van der Waals surface area contributed by atoms with Crippen molar-refractivity contribution in [2.75, 3.05) is 13.1 Å². The van der Waals surface area contributed by atoms with Crippen LogP contribution in [0.15, 0.2) is 73.3 Å². The molecular formula is C22H28N2. The molecule has 0 unspecified atom stereocenters. The van der Waals surface area contributed by atoms with Crippen molar-refractivity contribution in [2.24, 2.45) is 0 Å². The molecule has 0 bridgehead atoms. The molecule has 0 spiro atoms. The maximum Gasteiger partial charge on any atom is 0.0243 e. The molecule has 1 fully saturated rings. The van der Waals surface area contributed by atoms with Crippen LogP contribution in [0.25, 0.3) is 0 Å². The lowest BCUT2D eigenvalue weighted by atomic mass is 9.84. The highest BCUT2D eigenvalue weighted by Crippen LogP contribution is 2.27. The van der Waals surface area contributed by atoms with Crippen LogP contribution in [0.1, 0.15) is 30.4 Å². The third kappa shape index (κ3) is 4.56. The van der Waals surface area contributed by atoms with Gasteiger partial charge in [-0.05, 0) is 30.4 Å². The van der Waals surface area contributed by atoms with Crippen molar-refractivity contribution in [1.82, 2.24) is 10.2 Å². The van der Waals surface area contributed by atoms with Gasteiger partial charge in [0.05, 0.1) is 0 Å². The van der Waals surface area contributed by atoms with E-state index in [1.165, 1.54) is 24.0 Å². The minimum absolute atomic E-state index is 0.199. The predicted molar refractivity (Wildman–Crippen MR) is 102 cm³/mol. The van der Waals surface area contributed by atoms with Gasteiger partial charge in [-0.1, -0.05) is 66.7 Å². The number of rotatable bonds is 7. The quantitative estimate of drug-likeness (QED) is 0.761. The third-order valence-electron chi connectivity index (χ3n) is 5.11. The second-order valence-electron chi connectivity index (χ2n) is 6.87. The fraction of sp³-hybridized carbons (Fsp3) is 0.364. The topological polar surface area (TPSA) is 15.3 Å². The Morgan fingerprint density at radius 1 is 0.917 bits per heavy atom. The molecule has 24 heavy (non-hydrogen) atoms. The van der Waals surface area contributed by atoms with Crippen molar-refractivity contribution in [3.63, 3.8) is 0 Å². The Bertz CT molecular complexity index is 613. The van der Waals surface area contributed by atoms with E-state index in [-0.39, 0.29) is 5.54 Å². The van der Waals surface area contributed by atoms with Crippen LogP contribution >= 0.6 is 0 Å². The predicted octanol–water partition coefficient (Wildman–Crippen LogP) is 4.39. The highest BCUT2D eigenvalue weighted by molar-refractivity contribution is 5.16. The smallest absolute Gasteiger partial charge is 0.0243 e. The zero-order valence-electron chi connectivity index (χ0n) is 14.5. The normalized spacial score (nSPS) is 17.5. The van der Waals surface area contributed by atoms with Crippen LogP contribution in [0, 0.1) is 0 Å². The lowest BCUT2D eigenvalue weighted by molar-refractivity contribution is 0.129. The molecule has 126 valence electrons. The summed E-state index contributed by atoms with van der Waals surface area (Å²) >= 11 is 0. The largest absolute Gasteiger partial charge is 0.307 e. The number of likely N-dealkylation sites (tertiary alicyclic amines) is 1. The summed E-state index contributed by atoms with van der Waals surface area (Å²) in [6.45, 7) is 8.27. The second-order valence-corrected chi connectivity index (χ2v) is 6.87. The maximum atomic E-state index is 3.99. The Balaban J connectivity index is 1.56. The van der Waals surface area contributed by atoms with E-state index in [4.69, 9.17) is 0 Å². The molecule has 2 aromatic carbocycles. The number of hydrogen-bond acceptors (Lipinski definition) is 2. The molecule has 1 N–H and O–H groups in total. The molecule has 1 aliphatic rings. The number of benzene rings is 2. The molecule has 1 heterocycles. The van der Waals surface area contributed by atoms with Gasteiger partial charge in [-0.25, -0.2) is 0 Å². The first-order chi connectivity index (χ1) is 11.8. The van der Waals surface area contributed by atoms with Crippen LogP contribution in [0.4, 0.5) is 0 Å². The molecule has 0 aliphatic carbocycles. The van der Waals surface area contributed by atoms with E-state index in [0.717, 1.165) is 32.6 Å². The van der Waals surface area contributed by atoms with Crippen LogP contribution in [0.5, 0.6) is 0 Å². The summed E-state index contributed by atoms with van der Waals surface area (Å²) in [5.74, 6) is 0. The van der Waals surface area contributed by atoms with Gasteiger partial charge in [0.15, 0.2) is 0 Å². The zero-order valence-corrected chi connectivity index (χ0v) is 14.5. The fourth-order valence-electron chi connectivity index (χ4n) is 3.60. The summed E-state index contributed by atoms with van der Waals surface area (Å²) in [6, 6.07) is 21.5. The van der Waals surface area contributed by atoms with Gasteiger partial charge in [-0.2, -0.15) is 0 Å². The van der Waals surface area contributed by atoms with Crippen LogP contribution in [-0.2, 0) is 13.1 Å². The van der Waals surface area contributed by atoms with E-state index in [0.29, 0.717) is 0 Å². The molecule has 1 aliphatic heterocycles. The molecule has 0 amide bonds. The Morgan fingerprint density at radius 2 is 1.50 bits per heavy atom. The summed E-state index contributed by atoms with van der Waals surface area (Å²) in [5.41, 5.74) is 2.96. The molecule has 0 radical (unpaired) electrons. The van der Waals surface area contributed by atoms with Gasteiger partial charge in [0.25, 0.3) is 0 Å². The van der Waals surface area contributed by atoms with Crippen molar-refractivity contribution >= 4 is 0 Å². The van der Waals surface area contributed by atoms with E-state index >= 15 is 0 Å².